The lowest BCUT2D eigenvalue weighted by molar-refractivity contribution is -0.133. The third kappa shape index (κ3) is 3.19. The molecule has 0 saturated heterocycles. The van der Waals surface area contributed by atoms with Gasteiger partial charge in [0.25, 0.3) is 0 Å². The van der Waals surface area contributed by atoms with Gasteiger partial charge in [0.2, 0.25) is 5.13 Å². The van der Waals surface area contributed by atoms with Crippen LogP contribution in [0.5, 0.6) is 0 Å². The van der Waals surface area contributed by atoms with Gasteiger partial charge in [0.1, 0.15) is 0 Å². The Morgan fingerprint density at radius 2 is 2.44 bits per heavy atom. The third-order valence-corrected chi connectivity index (χ3v) is 4.14. The number of carboxylic acid groups (broad SMARTS) is 1. The summed E-state index contributed by atoms with van der Waals surface area (Å²) in [5, 5.41) is 24.0. The molecule has 0 saturated carbocycles. The monoisotopic (exact) mass is 273 g/mol. The zero-order valence-corrected chi connectivity index (χ0v) is 10.4. The highest BCUT2D eigenvalue weighted by Gasteiger charge is 2.07. The minimum absolute atomic E-state index is 0.00703. The third-order valence-electron chi connectivity index (χ3n) is 1.50. The SMILES string of the molecule is O=C(O)CSc1nnc(Nc2ccsc2)s1. The van der Waals surface area contributed by atoms with Crippen molar-refractivity contribution in [2.45, 2.75) is 4.34 Å². The Balaban J connectivity index is 1.94. The molecule has 2 aromatic rings. The standard InChI is InChI=1S/C8H7N3O2S3/c12-6(13)4-15-8-11-10-7(16-8)9-5-1-2-14-3-5/h1-3H,4H2,(H,9,10)(H,12,13). The smallest absolute Gasteiger partial charge is 0.313 e. The number of hydrogen-bond acceptors (Lipinski definition) is 7. The highest BCUT2D eigenvalue weighted by Crippen LogP contribution is 2.27. The predicted molar refractivity (Wildman–Crippen MR) is 65.9 cm³/mol. The second-order valence-corrected chi connectivity index (χ2v) is 5.67. The van der Waals surface area contributed by atoms with Gasteiger partial charge < -0.3 is 10.4 Å². The lowest BCUT2D eigenvalue weighted by atomic mass is 10.5. The van der Waals surface area contributed by atoms with E-state index >= 15 is 0 Å². The second kappa shape index (κ2) is 5.28. The molecule has 0 aliphatic heterocycles. The maximum absolute atomic E-state index is 10.4. The number of thiophene rings is 1. The van der Waals surface area contributed by atoms with Gasteiger partial charge in [-0.2, -0.15) is 11.3 Å². The van der Waals surface area contributed by atoms with Gasteiger partial charge >= 0.3 is 5.97 Å². The summed E-state index contributed by atoms with van der Waals surface area (Å²) >= 11 is 4.10. The minimum Gasteiger partial charge on any atom is -0.481 e. The summed E-state index contributed by atoms with van der Waals surface area (Å²) in [5.41, 5.74) is 0.968. The van der Waals surface area contributed by atoms with E-state index in [-0.39, 0.29) is 5.75 Å². The summed E-state index contributed by atoms with van der Waals surface area (Å²) in [7, 11) is 0. The van der Waals surface area contributed by atoms with Gasteiger partial charge in [-0.05, 0) is 11.4 Å². The molecule has 84 valence electrons. The number of carboxylic acids is 1. The molecular weight excluding hydrogens is 266 g/mol. The molecule has 0 amide bonds. The molecule has 5 nitrogen and oxygen atoms in total. The zero-order valence-electron chi connectivity index (χ0n) is 7.91. The van der Waals surface area contributed by atoms with Crippen LogP contribution in [0.1, 0.15) is 0 Å². The molecule has 0 aliphatic carbocycles. The summed E-state index contributed by atoms with van der Waals surface area (Å²) in [6.07, 6.45) is 0. The molecule has 2 aromatic heterocycles. The van der Waals surface area contributed by atoms with E-state index < -0.39 is 5.97 Å². The van der Waals surface area contributed by atoms with Crippen molar-refractivity contribution in [3.63, 3.8) is 0 Å². The Bertz CT molecular complexity index is 469. The normalized spacial score (nSPS) is 10.2. The number of anilines is 2. The Labute approximate surface area is 104 Å². The molecule has 0 fully saturated rings. The number of nitrogens with one attached hydrogen (secondary N) is 1. The van der Waals surface area contributed by atoms with E-state index in [2.05, 4.69) is 15.5 Å². The van der Waals surface area contributed by atoms with Crippen molar-refractivity contribution in [3.8, 4) is 0 Å². The molecular formula is C8H7N3O2S3. The van der Waals surface area contributed by atoms with Gasteiger partial charge in [-0.15, -0.1) is 10.2 Å². The largest absolute Gasteiger partial charge is 0.481 e. The summed E-state index contributed by atoms with van der Waals surface area (Å²) in [6, 6.07) is 1.94. The Morgan fingerprint density at radius 3 is 3.12 bits per heavy atom. The van der Waals surface area contributed by atoms with Crippen LogP contribution in [0, 0.1) is 0 Å². The van der Waals surface area contributed by atoms with Crippen molar-refractivity contribution in [1.82, 2.24) is 10.2 Å². The number of aromatic nitrogens is 2. The molecule has 0 radical (unpaired) electrons. The molecule has 16 heavy (non-hydrogen) atoms. The second-order valence-electron chi connectivity index (χ2n) is 2.69. The average molecular weight is 273 g/mol. The Morgan fingerprint density at radius 1 is 1.56 bits per heavy atom. The Kier molecular flexibility index (Phi) is 3.75. The van der Waals surface area contributed by atoms with E-state index in [9.17, 15) is 4.79 Å². The van der Waals surface area contributed by atoms with Crippen LogP contribution in [0.3, 0.4) is 0 Å². The van der Waals surface area contributed by atoms with Gasteiger partial charge in [-0.1, -0.05) is 23.1 Å². The van der Waals surface area contributed by atoms with Crippen LogP contribution in [-0.4, -0.2) is 27.0 Å². The van der Waals surface area contributed by atoms with Crippen molar-refractivity contribution in [3.05, 3.63) is 16.8 Å². The van der Waals surface area contributed by atoms with Gasteiger partial charge in [0.05, 0.1) is 11.4 Å². The number of hydrogen-bond donors (Lipinski definition) is 2. The van der Waals surface area contributed by atoms with Crippen LogP contribution in [-0.2, 0) is 4.79 Å². The maximum Gasteiger partial charge on any atom is 0.313 e. The predicted octanol–water partition coefficient (Wildman–Crippen LogP) is 2.52. The first-order valence-corrected chi connectivity index (χ1v) is 6.96. The summed E-state index contributed by atoms with van der Waals surface area (Å²) in [6.45, 7) is 0. The van der Waals surface area contributed by atoms with Gasteiger partial charge in [0, 0.05) is 5.38 Å². The fraction of sp³-hybridized carbons (Fsp3) is 0.125. The first-order valence-electron chi connectivity index (χ1n) is 4.21. The average Bonchev–Trinajstić information content (AvgIpc) is 2.87. The number of aliphatic carboxylic acids is 1. The molecule has 0 spiro atoms. The van der Waals surface area contributed by atoms with Crippen molar-refractivity contribution < 1.29 is 9.90 Å². The van der Waals surface area contributed by atoms with Crippen LogP contribution in [0.2, 0.25) is 0 Å². The van der Waals surface area contributed by atoms with E-state index in [0.29, 0.717) is 9.47 Å². The number of carbonyl (C=O) groups is 1. The fourth-order valence-corrected chi connectivity index (χ4v) is 2.98. The van der Waals surface area contributed by atoms with Gasteiger partial charge in [-0.25, -0.2) is 0 Å². The number of rotatable bonds is 5. The molecule has 8 heteroatoms. The first kappa shape index (κ1) is 11.4. The number of thioether (sulfide) groups is 1. The topological polar surface area (TPSA) is 75.1 Å². The van der Waals surface area contributed by atoms with Gasteiger partial charge in [0.15, 0.2) is 4.34 Å². The van der Waals surface area contributed by atoms with Crippen molar-refractivity contribution in [2.75, 3.05) is 11.1 Å². The maximum atomic E-state index is 10.4. The molecule has 0 bridgehead atoms. The molecule has 2 heterocycles. The molecule has 2 rings (SSSR count). The Hall–Kier alpha value is -1.12. The lowest BCUT2D eigenvalue weighted by Crippen LogP contribution is -1.96. The van der Waals surface area contributed by atoms with E-state index in [1.165, 1.54) is 23.1 Å². The highest BCUT2D eigenvalue weighted by atomic mass is 32.2. The number of nitrogens with zero attached hydrogens (tertiary/aromatic N) is 2. The van der Waals surface area contributed by atoms with E-state index in [4.69, 9.17) is 5.11 Å². The molecule has 0 atom stereocenters. The van der Waals surface area contributed by atoms with Crippen molar-refractivity contribution >= 4 is 51.2 Å². The zero-order chi connectivity index (χ0) is 11.4. The van der Waals surface area contributed by atoms with E-state index in [1.54, 1.807) is 11.3 Å². The van der Waals surface area contributed by atoms with E-state index in [1.807, 2.05) is 16.8 Å². The first-order chi connectivity index (χ1) is 7.74. The summed E-state index contributed by atoms with van der Waals surface area (Å²) in [4.78, 5) is 10.4. The van der Waals surface area contributed by atoms with Crippen LogP contribution in [0.25, 0.3) is 0 Å². The van der Waals surface area contributed by atoms with Crippen LogP contribution in [0.15, 0.2) is 21.2 Å². The molecule has 0 aromatic carbocycles. The fourth-order valence-electron chi connectivity index (χ4n) is 0.901. The molecule has 0 aliphatic rings. The summed E-state index contributed by atoms with van der Waals surface area (Å²) < 4.78 is 0.653. The van der Waals surface area contributed by atoms with E-state index in [0.717, 1.165) is 5.69 Å². The van der Waals surface area contributed by atoms with Crippen LogP contribution < -0.4 is 5.32 Å². The van der Waals surface area contributed by atoms with Crippen molar-refractivity contribution in [1.29, 1.82) is 0 Å². The quantitative estimate of drug-likeness (QED) is 0.815. The molecule has 2 N–H and O–H groups in total. The van der Waals surface area contributed by atoms with Crippen LogP contribution >= 0.6 is 34.4 Å². The van der Waals surface area contributed by atoms with Crippen molar-refractivity contribution in [2.24, 2.45) is 0 Å². The van der Waals surface area contributed by atoms with Gasteiger partial charge in [-0.3, -0.25) is 4.79 Å². The lowest BCUT2D eigenvalue weighted by Gasteiger charge is -1.94. The summed E-state index contributed by atoms with van der Waals surface area (Å²) in [5.74, 6) is -0.847. The molecule has 0 unspecified atom stereocenters. The minimum atomic E-state index is -0.854. The van der Waals surface area contributed by atoms with Crippen LogP contribution in [0.4, 0.5) is 10.8 Å². The highest BCUT2D eigenvalue weighted by molar-refractivity contribution is 8.01.